The Kier molecular flexibility index (Phi) is 6.80. The van der Waals surface area contributed by atoms with Crippen LogP contribution < -0.4 is 11.1 Å². The van der Waals surface area contributed by atoms with Gasteiger partial charge in [-0.1, -0.05) is 43.2 Å². The third-order valence-corrected chi connectivity index (χ3v) is 5.01. The summed E-state index contributed by atoms with van der Waals surface area (Å²) < 4.78 is 0. The largest absolute Gasteiger partial charge is 0.480 e. The van der Waals surface area contributed by atoms with Crippen LogP contribution in [0.3, 0.4) is 0 Å². The first-order valence-corrected chi connectivity index (χ1v) is 8.57. The second-order valence-electron chi connectivity index (χ2n) is 6.80. The van der Waals surface area contributed by atoms with Gasteiger partial charge in [0.25, 0.3) is 0 Å². The number of hydrogen-bond donors (Lipinski definition) is 5. The summed E-state index contributed by atoms with van der Waals surface area (Å²) in [7, 11) is -1.34. The smallest absolute Gasteiger partial charge is 0.451 e. The molecule has 0 aliphatic heterocycles. The van der Waals surface area contributed by atoms with Crippen molar-refractivity contribution in [2.45, 2.75) is 56.5 Å². The molecule has 0 bridgehead atoms. The lowest BCUT2D eigenvalue weighted by Gasteiger charge is -2.45. The summed E-state index contributed by atoms with van der Waals surface area (Å²) in [6, 6.07) is 10.4. The van der Waals surface area contributed by atoms with Gasteiger partial charge in [0.15, 0.2) is 0 Å². The highest BCUT2D eigenvalue weighted by Gasteiger charge is 2.47. The lowest BCUT2D eigenvalue weighted by molar-refractivity contribution is -0.148. The highest BCUT2D eigenvalue weighted by atomic mass is 16.4. The summed E-state index contributed by atoms with van der Waals surface area (Å²) in [6.07, 6.45) is 3.29. The molecule has 0 heterocycles. The minimum atomic E-state index is -1.34. The van der Waals surface area contributed by atoms with Crippen LogP contribution >= 0.6 is 0 Å². The molecule has 1 aliphatic carbocycles. The van der Waals surface area contributed by atoms with Crippen LogP contribution in [0.4, 0.5) is 0 Å². The topological polar surface area (TPSA) is 116 Å². The van der Waals surface area contributed by atoms with Gasteiger partial charge in [-0.3, -0.25) is 4.79 Å². The molecular formula is C17H27BN2O4. The number of aliphatic carboxylic acids is 1. The van der Waals surface area contributed by atoms with Gasteiger partial charge in [-0.25, -0.2) is 0 Å². The van der Waals surface area contributed by atoms with E-state index in [4.69, 9.17) is 15.8 Å². The predicted octanol–water partition coefficient (Wildman–Crippen LogP) is 0.980. The van der Waals surface area contributed by atoms with Crippen molar-refractivity contribution < 1.29 is 19.9 Å². The van der Waals surface area contributed by atoms with Crippen molar-refractivity contribution in [2.75, 3.05) is 0 Å². The Balaban J connectivity index is 1.76. The molecule has 0 amide bonds. The van der Waals surface area contributed by atoms with Crippen molar-refractivity contribution in [2.24, 2.45) is 11.7 Å². The molecule has 0 aromatic heterocycles. The normalized spacial score (nSPS) is 22.5. The van der Waals surface area contributed by atoms with E-state index in [0.29, 0.717) is 25.3 Å². The van der Waals surface area contributed by atoms with Gasteiger partial charge >= 0.3 is 13.1 Å². The second kappa shape index (κ2) is 8.62. The fourth-order valence-corrected chi connectivity index (χ4v) is 3.29. The summed E-state index contributed by atoms with van der Waals surface area (Å²) in [6.45, 7) is 0.775. The molecule has 0 spiro atoms. The molecule has 132 valence electrons. The Hall–Kier alpha value is -1.41. The van der Waals surface area contributed by atoms with Crippen LogP contribution in [0.5, 0.6) is 0 Å². The quantitative estimate of drug-likeness (QED) is 0.322. The van der Waals surface area contributed by atoms with Crippen LogP contribution in [0.1, 0.15) is 37.7 Å². The summed E-state index contributed by atoms with van der Waals surface area (Å²) in [5, 5.41) is 30.7. The van der Waals surface area contributed by atoms with Crippen LogP contribution in [-0.4, -0.2) is 39.8 Å². The zero-order valence-electron chi connectivity index (χ0n) is 13.9. The molecule has 1 aliphatic rings. The summed E-state index contributed by atoms with van der Waals surface area (Å²) in [5.41, 5.74) is 6.17. The molecule has 1 atom stereocenters. The van der Waals surface area contributed by atoms with E-state index in [1.54, 1.807) is 0 Å². The van der Waals surface area contributed by atoms with Crippen molar-refractivity contribution in [3.63, 3.8) is 0 Å². The predicted molar refractivity (Wildman–Crippen MR) is 93.2 cm³/mol. The first kappa shape index (κ1) is 18.9. The average molecular weight is 334 g/mol. The van der Waals surface area contributed by atoms with E-state index in [9.17, 15) is 9.90 Å². The third-order valence-electron chi connectivity index (χ3n) is 5.01. The van der Waals surface area contributed by atoms with E-state index >= 15 is 0 Å². The van der Waals surface area contributed by atoms with Gasteiger partial charge in [-0.2, -0.15) is 0 Å². The molecule has 0 radical (unpaired) electrons. The van der Waals surface area contributed by atoms with Crippen LogP contribution in [0.15, 0.2) is 30.3 Å². The van der Waals surface area contributed by atoms with Gasteiger partial charge in [0.05, 0.1) is 0 Å². The molecule has 2 rings (SSSR count). The molecule has 1 aromatic rings. The van der Waals surface area contributed by atoms with E-state index in [2.05, 4.69) is 17.4 Å². The number of nitrogens with one attached hydrogen (secondary N) is 1. The number of hydrogen-bond acceptors (Lipinski definition) is 5. The molecule has 24 heavy (non-hydrogen) atoms. The second-order valence-corrected chi connectivity index (χ2v) is 6.80. The van der Waals surface area contributed by atoms with Crippen molar-refractivity contribution in [3.8, 4) is 0 Å². The van der Waals surface area contributed by atoms with Crippen LogP contribution in [0.2, 0.25) is 6.32 Å². The lowest BCUT2D eigenvalue weighted by Crippen LogP contribution is -2.61. The van der Waals surface area contributed by atoms with Crippen LogP contribution in [0, 0.1) is 5.92 Å². The summed E-state index contributed by atoms with van der Waals surface area (Å²) >= 11 is 0. The first-order valence-electron chi connectivity index (χ1n) is 8.57. The van der Waals surface area contributed by atoms with Crippen molar-refractivity contribution in [1.82, 2.24) is 5.32 Å². The Labute approximate surface area is 143 Å². The molecular weight excluding hydrogens is 307 g/mol. The fourth-order valence-electron chi connectivity index (χ4n) is 3.29. The number of unbranched alkanes of at least 4 members (excludes halogenated alkanes) is 1. The van der Waals surface area contributed by atoms with E-state index in [0.717, 1.165) is 19.4 Å². The number of rotatable bonds is 10. The number of nitrogens with two attached hydrogens (primary N) is 1. The maximum Gasteiger partial charge on any atom is 0.451 e. The molecule has 1 saturated carbocycles. The Bertz CT molecular complexity index is 523. The summed E-state index contributed by atoms with van der Waals surface area (Å²) in [5.74, 6) is -0.999. The highest BCUT2D eigenvalue weighted by Crippen LogP contribution is 2.38. The van der Waals surface area contributed by atoms with E-state index in [1.807, 2.05) is 18.2 Å². The van der Waals surface area contributed by atoms with E-state index in [1.165, 1.54) is 5.56 Å². The van der Waals surface area contributed by atoms with E-state index in [-0.39, 0.29) is 12.2 Å². The van der Waals surface area contributed by atoms with Crippen molar-refractivity contribution in [3.05, 3.63) is 35.9 Å². The molecule has 1 fully saturated rings. The fraction of sp³-hybridized carbons (Fsp3) is 0.588. The van der Waals surface area contributed by atoms with Gasteiger partial charge < -0.3 is 26.2 Å². The number of benzene rings is 1. The van der Waals surface area contributed by atoms with Crippen LogP contribution in [-0.2, 0) is 11.3 Å². The SMILES string of the molecule is NC(CCCCB(O)O)(C(=O)O)[C@H]1C[C@@H](NCc2ccccc2)C1. The average Bonchev–Trinajstić information content (AvgIpc) is 2.50. The van der Waals surface area contributed by atoms with Crippen LogP contribution in [0.25, 0.3) is 0 Å². The number of carboxylic acids is 1. The molecule has 6 nitrogen and oxygen atoms in total. The van der Waals surface area contributed by atoms with E-state index < -0.39 is 18.6 Å². The third kappa shape index (κ3) is 5.04. The van der Waals surface area contributed by atoms with Gasteiger partial charge in [0.2, 0.25) is 0 Å². The maximum absolute atomic E-state index is 11.6. The van der Waals surface area contributed by atoms with Crippen molar-refractivity contribution in [1.29, 1.82) is 0 Å². The summed E-state index contributed by atoms with van der Waals surface area (Å²) in [4.78, 5) is 11.6. The Morgan fingerprint density at radius 3 is 2.50 bits per heavy atom. The zero-order valence-corrected chi connectivity index (χ0v) is 13.9. The van der Waals surface area contributed by atoms with Gasteiger partial charge in [-0.05, 0) is 37.1 Å². The highest BCUT2D eigenvalue weighted by molar-refractivity contribution is 6.40. The molecule has 7 heteroatoms. The molecule has 1 unspecified atom stereocenters. The molecule has 0 saturated heterocycles. The Morgan fingerprint density at radius 2 is 1.92 bits per heavy atom. The standard InChI is InChI=1S/C17H27BN2O4/c19-17(16(21)22,8-4-5-9-18(23)24)14-10-15(11-14)20-12-13-6-2-1-3-7-13/h1-3,6-7,14-15,20,23-24H,4-5,8-12,19H2,(H,21,22)/t14-,15+,17?. The monoisotopic (exact) mass is 334 g/mol. The minimum Gasteiger partial charge on any atom is -0.480 e. The maximum atomic E-state index is 11.6. The van der Waals surface area contributed by atoms with Crippen molar-refractivity contribution >= 4 is 13.1 Å². The molecule has 6 N–H and O–H groups in total. The zero-order chi connectivity index (χ0) is 17.6. The minimum absolute atomic E-state index is 0.0395. The van der Waals surface area contributed by atoms with Gasteiger partial charge in [0.1, 0.15) is 5.54 Å². The molecule has 1 aromatic carbocycles. The lowest BCUT2D eigenvalue weighted by atomic mass is 9.66. The Morgan fingerprint density at radius 1 is 1.25 bits per heavy atom. The first-order chi connectivity index (χ1) is 11.4. The van der Waals surface area contributed by atoms with Gasteiger partial charge in [0, 0.05) is 12.6 Å². The number of carbonyl (C=O) groups is 1. The van der Waals surface area contributed by atoms with Gasteiger partial charge in [-0.15, -0.1) is 0 Å². The number of carboxylic acid groups (broad SMARTS) is 1.